The van der Waals surface area contributed by atoms with Gasteiger partial charge in [0.15, 0.2) is 0 Å². The first-order chi connectivity index (χ1) is 9.65. The zero-order chi connectivity index (χ0) is 14.1. The van der Waals surface area contributed by atoms with Gasteiger partial charge in [-0.05, 0) is 31.0 Å². The number of aromatic nitrogens is 2. The maximum absolute atomic E-state index is 13.1. The molecule has 6 heteroatoms. The second kappa shape index (κ2) is 5.06. The number of rotatable bonds is 3. The predicted molar refractivity (Wildman–Crippen MR) is 73.4 cm³/mol. The predicted octanol–water partition coefficient (Wildman–Crippen LogP) is 3.76. The second-order valence-electron chi connectivity index (χ2n) is 4.64. The maximum Gasteiger partial charge on any atom is 0.135 e. The van der Waals surface area contributed by atoms with E-state index in [0.29, 0.717) is 28.4 Å². The van der Waals surface area contributed by atoms with Crippen molar-refractivity contribution < 1.29 is 4.39 Å². The van der Waals surface area contributed by atoms with Crippen LogP contribution in [0.15, 0.2) is 24.3 Å². The van der Waals surface area contributed by atoms with Crippen molar-refractivity contribution in [1.82, 2.24) is 9.97 Å². The summed E-state index contributed by atoms with van der Waals surface area (Å²) < 4.78 is 13.1. The van der Waals surface area contributed by atoms with Gasteiger partial charge in [-0.25, -0.2) is 14.4 Å². The van der Waals surface area contributed by atoms with Crippen molar-refractivity contribution in [2.75, 3.05) is 5.32 Å². The van der Waals surface area contributed by atoms with Gasteiger partial charge in [-0.1, -0.05) is 11.6 Å². The summed E-state index contributed by atoms with van der Waals surface area (Å²) in [6, 6.07) is 7.48. The van der Waals surface area contributed by atoms with E-state index in [1.54, 1.807) is 6.07 Å². The number of halogens is 2. The SMILES string of the molecule is N#Cc1cc(F)ccc1Nc1cc(Cl)nc(C2CC2)n1. The van der Waals surface area contributed by atoms with Crippen LogP contribution in [0.3, 0.4) is 0 Å². The molecule has 0 amide bonds. The van der Waals surface area contributed by atoms with Crippen LogP contribution in [-0.2, 0) is 0 Å². The third-order valence-electron chi connectivity index (χ3n) is 3.02. The van der Waals surface area contributed by atoms with E-state index < -0.39 is 5.82 Å². The molecular formula is C14H10ClFN4. The highest BCUT2D eigenvalue weighted by Crippen LogP contribution is 2.39. The standard InChI is InChI=1S/C14H10ClFN4/c15-12-6-13(20-14(19-12)8-1-2-8)18-11-4-3-10(16)5-9(11)7-17/h3-6,8H,1-2H2,(H,18,19,20). The molecule has 1 heterocycles. The number of hydrogen-bond acceptors (Lipinski definition) is 4. The van der Waals surface area contributed by atoms with Crippen LogP contribution in [0.2, 0.25) is 5.15 Å². The number of nitrogens with one attached hydrogen (secondary N) is 1. The van der Waals surface area contributed by atoms with Gasteiger partial charge >= 0.3 is 0 Å². The van der Waals surface area contributed by atoms with Crippen LogP contribution in [0.4, 0.5) is 15.9 Å². The fraction of sp³-hybridized carbons (Fsp3) is 0.214. The summed E-state index contributed by atoms with van der Waals surface area (Å²) in [6.45, 7) is 0. The van der Waals surface area contributed by atoms with Crippen LogP contribution < -0.4 is 5.32 Å². The van der Waals surface area contributed by atoms with Crippen molar-refractivity contribution in [2.24, 2.45) is 0 Å². The molecule has 0 radical (unpaired) electrons. The number of hydrogen-bond donors (Lipinski definition) is 1. The molecule has 100 valence electrons. The fourth-order valence-electron chi connectivity index (χ4n) is 1.88. The average molecular weight is 289 g/mol. The number of benzene rings is 1. The van der Waals surface area contributed by atoms with Crippen LogP contribution >= 0.6 is 11.6 Å². The zero-order valence-corrected chi connectivity index (χ0v) is 11.2. The molecule has 1 aromatic heterocycles. The first-order valence-electron chi connectivity index (χ1n) is 6.17. The Kier molecular flexibility index (Phi) is 3.25. The Morgan fingerprint density at radius 3 is 2.80 bits per heavy atom. The Hall–Kier alpha value is -2.19. The van der Waals surface area contributed by atoms with Crippen molar-refractivity contribution in [2.45, 2.75) is 18.8 Å². The van der Waals surface area contributed by atoms with Gasteiger partial charge in [-0.2, -0.15) is 5.26 Å². The molecular weight excluding hydrogens is 279 g/mol. The molecule has 1 saturated carbocycles. The van der Waals surface area contributed by atoms with E-state index in [1.807, 2.05) is 6.07 Å². The van der Waals surface area contributed by atoms with E-state index in [-0.39, 0.29) is 5.56 Å². The Balaban J connectivity index is 1.93. The molecule has 1 aliphatic rings. The molecule has 20 heavy (non-hydrogen) atoms. The third kappa shape index (κ3) is 2.70. The highest BCUT2D eigenvalue weighted by atomic mass is 35.5. The summed E-state index contributed by atoms with van der Waals surface area (Å²) >= 11 is 5.97. The molecule has 0 aliphatic heterocycles. The van der Waals surface area contributed by atoms with Crippen LogP contribution in [-0.4, -0.2) is 9.97 Å². The van der Waals surface area contributed by atoms with Gasteiger partial charge in [0.2, 0.25) is 0 Å². The topological polar surface area (TPSA) is 61.6 Å². The minimum absolute atomic E-state index is 0.215. The van der Waals surface area contributed by atoms with Crippen molar-refractivity contribution >= 4 is 23.1 Å². The van der Waals surface area contributed by atoms with Crippen molar-refractivity contribution in [3.8, 4) is 6.07 Å². The van der Waals surface area contributed by atoms with Gasteiger partial charge in [0.1, 0.15) is 28.7 Å². The van der Waals surface area contributed by atoms with E-state index >= 15 is 0 Å². The van der Waals surface area contributed by atoms with Crippen molar-refractivity contribution in [3.05, 3.63) is 46.6 Å². The Morgan fingerprint density at radius 1 is 1.30 bits per heavy atom. The van der Waals surface area contributed by atoms with E-state index in [2.05, 4.69) is 15.3 Å². The Labute approximate surface area is 120 Å². The lowest BCUT2D eigenvalue weighted by molar-refractivity contribution is 0.627. The van der Waals surface area contributed by atoms with Gasteiger partial charge in [0.25, 0.3) is 0 Å². The first-order valence-corrected chi connectivity index (χ1v) is 6.54. The first kappa shape index (κ1) is 12.8. The highest BCUT2D eigenvalue weighted by Gasteiger charge is 2.27. The molecule has 0 atom stereocenters. The fourth-order valence-corrected chi connectivity index (χ4v) is 2.07. The van der Waals surface area contributed by atoms with Crippen LogP contribution in [0.1, 0.15) is 30.1 Å². The van der Waals surface area contributed by atoms with Crippen molar-refractivity contribution in [3.63, 3.8) is 0 Å². The smallest absolute Gasteiger partial charge is 0.135 e. The monoisotopic (exact) mass is 288 g/mol. The Bertz CT molecular complexity index is 707. The molecule has 0 bridgehead atoms. The zero-order valence-electron chi connectivity index (χ0n) is 10.4. The van der Waals surface area contributed by atoms with Gasteiger partial charge in [0.05, 0.1) is 11.3 Å². The summed E-state index contributed by atoms with van der Waals surface area (Å²) in [5.74, 6) is 1.14. The molecule has 4 nitrogen and oxygen atoms in total. The minimum Gasteiger partial charge on any atom is -0.339 e. The third-order valence-corrected chi connectivity index (χ3v) is 3.21. The molecule has 1 aromatic carbocycles. The minimum atomic E-state index is -0.452. The second-order valence-corrected chi connectivity index (χ2v) is 5.02. The van der Waals surface area contributed by atoms with Gasteiger partial charge in [-0.3, -0.25) is 0 Å². The quantitative estimate of drug-likeness (QED) is 0.874. The summed E-state index contributed by atoms with van der Waals surface area (Å²) in [5.41, 5.74) is 0.707. The van der Waals surface area contributed by atoms with Crippen LogP contribution in [0.5, 0.6) is 0 Å². The van der Waals surface area contributed by atoms with Gasteiger partial charge < -0.3 is 5.32 Å². The molecule has 1 fully saturated rings. The molecule has 2 aromatic rings. The molecule has 3 rings (SSSR count). The van der Waals surface area contributed by atoms with Gasteiger partial charge in [0, 0.05) is 12.0 Å². The molecule has 0 spiro atoms. The number of anilines is 2. The van der Waals surface area contributed by atoms with E-state index in [0.717, 1.165) is 12.8 Å². The summed E-state index contributed by atoms with van der Waals surface area (Å²) in [6.07, 6.45) is 2.14. The summed E-state index contributed by atoms with van der Waals surface area (Å²) in [4.78, 5) is 8.56. The van der Waals surface area contributed by atoms with Crippen LogP contribution in [0, 0.1) is 17.1 Å². The molecule has 0 unspecified atom stereocenters. The number of nitrogens with zero attached hydrogens (tertiary/aromatic N) is 3. The normalized spacial score (nSPS) is 13.8. The largest absolute Gasteiger partial charge is 0.339 e. The van der Waals surface area contributed by atoms with Crippen LogP contribution in [0.25, 0.3) is 0 Å². The highest BCUT2D eigenvalue weighted by molar-refractivity contribution is 6.29. The maximum atomic E-state index is 13.1. The van der Waals surface area contributed by atoms with E-state index in [4.69, 9.17) is 16.9 Å². The lowest BCUT2D eigenvalue weighted by atomic mass is 10.2. The number of nitriles is 1. The Morgan fingerprint density at radius 2 is 2.10 bits per heavy atom. The van der Waals surface area contributed by atoms with E-state index in [1.165, 1.54) is 18.2 Å². The summed E-state index contributed by atoms with van der Waals surface area (Å²) in [5, 5.41) is 12.4. The summed E-state index contributed by atoms with van der Waals surface area (Å²) in [7, 11) is 0. The lowest BCUT2D eigenvalue weighted by Crippen LogP contribution is -2.01. The van der Waals surface area contributed by atoms with E-state index in [9.17, 15) is 4.39 Å². The molecule has 0 saturated heterocycles. The van der Waals surface area contributed by atoms with Crippen molar-refractivity contribution in [1.29, 1.82) is 5.26 Å². The average Bonchev–Trinajstić information content (AvgIpc) is 3.24. The van der Waals surface area contributed by atoms with Gasteiger partial charge in [-0.15, -0.1) is 0 Å². The lowest BCUT2D eigenvalue weighted by Gasteiger charge is -2.09. The molecule has 1 aliphatic carbocycles. The molecule has 1 N–H and O–H groups in total.